The minimum Gasteiger partial charge on any atom is -0.483 e. The Kier molecular flexibility index (Phi) is 5.55. The van der Waals surface area contributed by atoms with E-state index in [1.807, 2.05) is 0 Å². The number of ether oxygens (including phenoxy) is 1. The standard InChI is InChI=1S/C19H14BrN3O5/c20-12-5-7-13(8-6-12)23-18(26)14(17(25)22-19(23)27)9-11-3-1-2-4-15(11)28-10-16(21)24/h1-9H,10H2,(H2,21,24)(H,22,25,27)/b14-9+. The summed E-state index contributed by atoms with van der Waals surface area (Å²) in [5, 5.41) is 2.15. The molecule has 1 aliphatic heterocycles. The number of hydrogen-bond acceptors (Lipinski definition) is 5. The van der Waals surface area contributed by atoms with Gasteiger partial charge in [-0.3, -0.25) is 19.7 Å². The van der Waals surface area contributed by atoms with Crippen molar-refractivity contribution in [3.05, 3.63) is 64.1 Å². The molecule has 0 unspecified atom stereocenters. The van der Waals surface area contributed by atoms with Crippen molar-refractivity contribution in [2.45, 2.75) is 0 Å². The summed E-state index contributed by atoms with van der Waals surface area (Å²) in [7, 11) is 0. The number of rotatable bonds is 5. The van der Waals surface area contributed by atoms with E-state index in [4.69, 9.17) is 10.5 Å². The Labute approximate surface area is 168 Å². The molecule has 0 bridgehead atoms. The van der Waals surface area contributed by atoms with Gasteiger partial charge in [0.2, 0.25) is 0 Å². The lowest BCUT2D eigenvalue weighted by atomic mass is 10.1. The lowest BCUT2D eigenvalue weighted by Gasteiger charge is -2.26. The Hall–Kier alpha value is -3.46. The van der Waals surface area contributed by atoms with Crippen molar-refractivity contribution in [3.8, 4) is 5.75 Å². The molecule has 2 aromatic rings. The van der Waals surface area contributed by atoms with E-state index in [9.17, 15) is 19.2 Å². The first-order valence-electron chi connectivity index (χ1n) is 8.04. The third-order valence-electron chi connectivity index (χ3n) is 3.78. The first kappa shape index (κ1) is 19.3. The third kappa shape index (κ3) is 4.09. The van der Waals surface area contributed by atoms with E-state index >= 15 is 0 Å². The molecule has 3 N–H and O–H groups in total. The zero-order valence-corrected chi connectivity index (χ0v) is 15.9. The minimum atomic E-state index is -0.840. The molecule has 0 aromatic heterocycles. The van der Waals surface area contributed by atoms with Crippen molar-refractivity contribution in [2.24, 2.45) is 5.73 Å². The highest BCUT2D eigenvalue weighted by Crippen LogP contribution is 2.26. The fourth-order valence-corrected chi connectivity index (χ4v) is 2.78. The Balaban J connectivity index is 1.98. The molecule has 1 heterocycles. The second-order valence-electron chi connectivity index (χ2n) is 5.73. The average molecular weight is 444 g/mol. The number of imide groups is 2. The van der Waals surface area contributed by atoms with Gasteiger partial charge in [0.05, 0.1) is 5.69 Å². The zero-order valence-electron chi connectivity index (χ0n) is 14.3. The maximum atomic E-state index is 12.9. The van der Waals surface area contributed by atoms with E-state index in [0.717, 1.165) is 9.37 Å². The van der Waals surface area contributed by atoms with E-state index < -0.39 is 23.8 Å². The van der Waals surface area contributed by atoms with Crippen LogP contribution in [0.5, 0.6) is 5.75 Å². The molecule has 1 aliphatic rings. The molecule has 0 saturated carbocycles. The van der Waals surface area contributed by atoms with Crippen LogP contribution in [0.3, 0.4) is 0 Å². The van der Waals surface area contributed by atoms with Gasteiger partial charge < -0.3 is 10.5 Å². The van der Waals surface area contributed by atoms with E-state index in [0.29, 0.717) is 11.3 Å². The highest BCUT2D eigenvalue weighted by molar-refractivity contribution is 9.10. The number of halogens is 1. The molecule has 8 nitrogen and oxygen atoms in total. The number of urea groups is 1. The molecule has 3 rings (SSSR count). The van der Waals surface area contributed by atoms with Gasteiger partial charge in [-0.1, -0.05) is 34.1 Å². The monoisotopic (exact) mass is 443 g/mol. The summed E-state index contributed by atoms with van der Waals surface area (Å²) in [5.74, 6) is -2.00. The topological polar surface area (TPSA) is 119 Å². The van der Waals surface area contributed by atoms with Crippen LogP contribution >= 0.6 is 15.9 Å². The molecule has 2 aromatic carbocycles. The number of nitrogens with one attached hydrogen (secondary N) is 1. The molecule has 0 spiro atoms. The van der Waals surface area contributed by atoms with E-state index in [2.05, 4.69) is 21.2 Å². The molecule has 0 aliphatic carbocycles. The van der Waals surface area contributed by atoms with E-state index in [1.165, 1.54) is 6.08 Å². The van der Waals surface area contributed by atoms with Gasteiger partial charge >= 0.3 is 6.03 Å². The number of amides is 5. The number of hydrogen-bond donors (Lipinski definition) is 2. The van der Waals surface area contributed by atoms with Crippen LogP contribution in [0.4, 0.5) is 10.5 Å². The fourth-order valence-electron chi connectivity index (χ4n) is 2.52. The number of carbonyl (C=O) groups is 4. The normalized spacial score (nSPS) is 15.5. The molecule has 142 valence electrons. The largest absolute Gasteiger partial charge is 0.483 e. The number of carbonyl (C=O) groups excluding carboxylic acids is 4. The zero-order chi connectivity index (χ0) is 20.3. The molecule has 0 radical (unpaired) electrons. The minimum absolute atomic E-state index is 0.252. The Morgan fingerprint density at radius 1 is 1.11 bits per heavy atom. The summed E-state index contributed by atoms with van der Waals surface area (Å²) in [4.78, 5) is 49.1. The van der Waals surface area contributed by atoms with Crippen LogP contribution in [0.15, 0.2) is 58.6 Å². The summed E-state index contributed by atoms with van der Waals surface area (Å²) in [6.45, 7) is -0.357. The molecule has 5 amide bonds. The number of barbiturate groups is 1. The van der Waals surface area contributed by atoms with Crippen LogP contribution in [0, 0.1) is 0 Å². The van der Waals surface area contributed by atoms with Crippen LogP contribution < -0.4 is 20.7 Å². The summed E-state index contributed by atoms with van der Waals surface area (Å²) < 4.78 is 6.08. The van der Waals surface area contributed by atoms with Gasteiger partial charge in [0.1, 0.15) is 11.3 Å². The van der Waals surface area contributed by atoms with Crippen molar-refractivity contribution >= 4 is 51.4 Å². The average Bonchev–Trinajstić information content (AvgIpc) is 2.65. The number of nitrogens with zero attached hydrogens (tertiary/aromatic N) is 1. The Morgan fingerprint density at radius 2 is 1.79 bits per heavy atom. The number of nitrogens with two attached hydrogens (primary N) is 1. The summed E-state index contributed by atoms with van der Waals surface area (Å²) in [5.41, 5.74) is 5.52. The molecule has 28 heavy (non-hydrogen) atoms. The maximum absolute atomic E-state index is 12.9. The predicted octanol–water partition coefficient (Wildman–Crippen LogP) is 1.98. The van der Waals surface area contributed by atoms with Crippen LogP contribution in [-0.4, -0.2) is 30.4 Å². The van der Waals surface area contributed by atoms with Crippen LogP contribution in [0.1, 0.15) is 5.56 Å². The third-order valence-corrected chi connectivity index (χ3v) is 4.30. The van der Waals surface area contributed by atoms with Gasteiger partial charge in [0.25, 0.3) is 17.7 Å². The van der Waals surface area contributed by atoms with Crippen molar-refractivity contribution in [1.82, 2.24) is 5.32 Å². The number of benzene rings is 2. The molecular weight excluding hydrogens is 430 g/mol. The van der Waals surface area contributed by atoms with E-state index in [-0.39, 0.29) is 17.9 Å². The number of anilines is 1. The highest BCUT2D eigenvalue weighted by atomic mass is 79.9. The van der Waals surface area contributed by atoms with Crippen molar-refractivity contribution in [1.29, 1.82) is 0 Å². The van der Waals surface area contributed by atoms with Crippen LogP contribution in [0.25, 0.3) is 6.08 Å². The predicted molar refractivity (Wildman–Crippen MR) is 104 cm³/mol. The lowest BCUT2D eigenvalue weighted by molar-refractivity contribution is -0.123. The molecule has 9 heteroatoms. The Morgan fingerprint density at radius 3 is 2.46 bits per heavy atom. The molecular formula is C19H14BrN3O5. The summed E-state index contributed by atoms with van der Waals surface area (Å²) in [6, 6.07) is 12.1. The van der Waals surface area contributed by atoms with Gasteiger partial charge in [-0.25, -0.2) is 9.69 Å². The van der Waals surface area contributed by atoms with Gasteiger partial charge in [-0.15, -0.1) is 0 Å². The highest BCUT2D eigenvalue weighted by Gasteiger charge is 2.36. The van der Waals surface area contributed by atoms with Crippen molar-refractivity contribution < 1.29 is 23.9 Å². The van der Waals surface area contributed by atoms with Gasteiger partial charge in [0, 0.05) is 10.0 Å². The quantitative estimate of drug-likeness (QED) is 0.540. The SMILES string of the molecule is NC(=O)COc1ccccc1/C=C1\C(=O)NC(=O)N(c2ccc(Br)cc2)C1=O. The van der Waals surface area contributed by atoms with E-state index in [1.54, 1.807) is 48.5 Å². The fraction of sp³-hybridized carbons (Fsp3) is 0.0526. The number of para-hydroxylation sites is 1. The van der Waals surface area contributed by atoms with Gasteiger partial charge in [0.15, 0.2) is 6.61 Å². The second-order valence-corrected chi connectivity index (χ2v) is 6.64. The van der Waals surface area contributed by atoms with Crippen molar-refractivity contribution in [2.75, 3.05) is 11.5 Å². The van der Waals surface area contributed by atoms with Crippen LogP contribution in [-0.2, 0) is 14.4 Å². The molecule has 1 fully saturated rings. The smallest absolute Gasteiger partial charge is 0.335 e. The first-order valence-corrected chi connectivity index (χ1v) is 8.83. The maximum Gasteiger partial charge on any atom is 0.335 e. The van der Waals surface area contributed by atoms with Gasteiger partial charge in [-0.2, -0.15) is 0 Å². The molecule has 0 atom stereocenters. The first-order chi connectivity index (χ1) is 13.4. The Bertz CT molecular complexity index is 1000. The van der Waals surface area contributed by atoms with Crippen molar-refractivity contribution in [3.63, 3.8) is 0 Å². The molecule has 1 saturated heterocycles. The number of primary amides is 1. The van der Waals surface area contributed by atoms with Crippen LogP contribution in [0.2, 0.25) is 0 Å². The van der Waals surface area contributed by atoms with Gasteiger partial charge in [-0.05, 0) is 36.4 Å². The summed E-state index contributed by atoms with van der Waals surface area (Å²) >= 11 is 3.28. The summed E-state index contributed by atoms with van der Waals surface area (Å²) in [6.07, 6.45) is 1.30. The second kappa shape index (κ2) is 8.05. The lowest BCUT2D eigenvalue weighted by Crippen LogP contribution is -2.54.